The maximum absolute atomic E-state index is 14.0. The van der Waals surface area contributed by atoms with Crippen LogP contribution < -0.4 is 5.56 Å². The number of hydrogen-bond acceptors (Lipinski definition) is 3. The number of esters is 1. The molecule has 148 valence electrons. The molecule has 5 rings (SSSR count). The molecule has 0 atom stereocenters. The minimum Gasteiger partial charge on any atom is -0.462 e. The lowest BCUT2D eigenvalue weighted by Crippen LogP contribution is -2.18. The zero-order valence-corrected chi connectivity index (χ0v) is 16.1. The van der Waals surface area contributed by atoms with Gasteiger partial charge in [0.2, 0.25) is 0 Å². The second-order valence-corrected chi connectivity index (χ2v) is 6.92. The molecule has 5 nitrogen and oxygen atoms in total. The van der Waals surface area contributed by atoms with Gasteiger partial charge in [0, 0.05) is 10.9 Å². The highest BCUT2D eigenvalue weighted by Gasteiger charge is 2.25. The predicted octanol–water partition coefficient (Wildman–Crippen LogP) is 4.69. The summed E-state index contributed by atoms with van der Waals surface area (Å²) < 4.78 is 22.5. The standard InChI is InChI=1S/C24H17FN2O3/c1-2-30-24(29)21-17-10-6-7-11-19(17)27-23(28)18-14-16(25)12-13-20(18)26(27)22(21)15-8-4-3-5-9-15/h3-14H,2H2,1H3. The molecule has 0 amide bonds. The normalized spacial score (nSPS) is 11.4. The van der Waals surface area contributed by atoms with Gasteiger partial charge in [-0.1, -0.05) is 48.5 Å². The Kier molecular flexibility index (Phi) is 4.13. The zero-order chi connectivity index (χ0) is 20.8. The zero-order valence-electron chi connectivity index (χ0n) is 16.1. The van der Waals surface area contributed by atoms with Crippen molar-refractivity contribution in [3.63, 3.8) is 0 Å². The summed E-state index contributed by atoms with van der Waals surface area (Å²) in [6.45, 7) is 1.97. The third-order valence-electron chi connectivity index (χ3n) is 5.19. The number of carbonyl (C=O) groups is 1. The number of carbonyl (C=O) groups excluding carboxylic acids is 1. The fourth-order valence-corrected chi connectivity index (χ4v) is 3.99. The van der Waals surface area contributed by atoms with Gasteiger partial charge in [0.05, 0.1) is 34.3 Å². The highest BCUT2D eigenvalue weighted by molar-refractivity contribution is 6.09. The SMILES string of the molecule is CCOC(=O)c1c(-c2ccccc2)n2c3ccc(F)cc3c(=O)n2c2ccccc12. The van der Waals surface area contributed by atoms with Gasteiger partial charge >= 0.3 is 5.97 Å². The number of benzene rings is 3. The number of ether oxygens (including phenoxy) is 1. The molecular weight excluding hydrogens is 383 g/mol. The molecule has 0 saturated heterocycles. The number of para-hydroxylation sites is 1. The first-order chi connectivity index (χ1) is 14.6. The van der Waals surface area contributed by atoms with Crippen molar-refractivity contribution < 1.29 is 13.9 Å². The molecule has 0 saturated carbocycles. The number of rotatable bonds is 3. The van der Waals surface area contributed by atoms with Gasteiger partial charge in [0.1, 0.15) is 5.82 Å². The summed E-state index contributed by atoms with van der Waals surface area (Å²) in [5.74, 6) is -0.973. The fourth-order valence-electron chi connectivity index (χ4n) is 3.99. The lowest BCUT2D eigenvalue weighted by Gasteiger charge is -2.17. The van der Waals surface area contributed by atoms with Gasteiger partial charge in [-0.05, 0) is 31.2 Å². The van der Waals surface area contributed by atoms with Crippen molar-refractivity contribution in [2.75, 3.05) is 6.61 Å². The van der Waals surface area contributed by atoms with Gasteiger partial charge < -0.3 is 4.74 Å². The van der Waals surface area contributed by atoms with E-state index in [-0.39, 0.29) is 17.6 Å². The van der Waals surface area contributed by atoms with Crippen LogP contribution in [-0.2, 0) is 4.74 Å². The van der Waals surface area contributed by atoms with E-state index in [1.165, 1.54) is 16.6 Å². The van der Waals surface area contributed by atoms with E-state index in [2.05, 4.69) is 0 Å². The van der Waals surface area contributed by atoms with E-state index in [4.69, 9.17) is 4.74 Å². The largest absolute Gasteiger partial charge is 0.462 e. The summed E-state index contributed by atoms with van der Waals surface area (Å²) in [7, 11) is 0. The molecule has 2 heterocycles. The Labute approximate surface area is 170 Å². The topological polar surface area (TPSA) is 52.2 Å². The van der Waals surface area contributed by atoms with Gasteiger partial charge in [0.15, 0.2) is 0 Å². The maximum Gasteiger partial charge on any atom is 0.341 e. The van der Waals surface area contributed by atoms with E-state index in [1.807, 2.05) is 36.4 Å². The molecule has 2 aromatic heterocycles. The fraction of sp³-hybridized carbons (Fsp3) is 0.0833. The number of hydrogen-bond donors (Lipinski definition) is 0. The summed E-state index contributed by atoms with van der Waals surface area (Å²) in [4.78, 5) is 26.4. The van der Waals surface area contributed by atoms with E-state index >= 15 is 0 Å². The number of fused-ring (bicyclic) bond motifs is 5. The first-order valence-corrected chi connectivity index (χ1v) is 9.62. The summed E-state index contributed by atoms with van der Waals surface area (Å²) in [6, 6.07) is 20.6. The molecule has 0 bridgehead atoms. The Balaban J connectivity index is 2.13. The Bertz CT molecular complexity index is 1500. The third-order valence-corrected chi connectivity index (χ3v) is 5.19. The van der Waals surface area contributed by atoms with Gasteiger partial charge in [-0.2, -0.15) is 0 Å². The van der Waals surface area contributed by atoms with Crippen molar-refractivity contribution in [3.8, 4) is 11.3 Å². The van der Waals surface area contributed by atoms with Crippen LogP contribution in [0.4, 0.5) is 4.39 Å². The Morgan fingerprint density at radius 3 is 2.37 bits per heavy atom. The molecule has 0 fully saturated rings. The second kappa shape index (κ2) is 6.84. The van der Waals surface area contributed by atoms with E-state index in [0.29, 0.717) is 27.7 Å². The first-order valence-electron chi connectivity index (χ1n) is 9.62. The van der Waals surface area contributed by atoms with Gasteiger partial charge in [-0.3, -0.25) is 4.79 Å². The van der Waals surface area contributed by atoms with E-state index < -0.39 is 11.8 Å². The highest BCUT2D eigenvalue weighted by Crippen LogP contribution is 2.32. The van der Waals surface area contributed by atoms with Crippen molar-refractivity contribution in [2.45, 2.75) is 6.92 Å². The van der Waals surface area contributed by atoms with Crippen LogP contribution in [0.1, 0.15) is 17.3 Å². The summed E-state index contributed by atoms with van der Waals surface area (Å²) in [6.07, 6.45) is 0. The van der Waals surface area contributed by atoms with Gasteiger partial charge in [0.25, 0.3) is 5.56 Å². The van der Waals surface area contributed by atoms with Crippen LogP contribution in [0.25, 0.3) is 33.1 Å². The van der Waals surface area contributed by atoms with E-state index in [1.54, 1.807) is 35.7 Å². The Hall–Kier alpha value is -3.93. The third kappa shape index (κ3) is 2.54. The maximum atomic E-state index is 14.0. The van der Waals surface area contributed by atoms with E-state index in [9.17, 15) is 14.0 Å². The number of aromatic nitrogens is 2. The van der Waals surface area contributed by atoms with Crippen molar-refractivity contribution in [1.82, 2.24) is 9.03 Å². The lowest BCUT2D eigenvalue weighted by atomic mass is 10.0. The first kappa shape index (κ1) is 18.1. The highest BCUT2D eigenvalue weighted by atomic mass is 19.1. The molecule has 0 aliphatic carbocycles. The Morgan fingerprint density at radius 2 is 1.60 bits per heavy atom. The minimum absolute atomic E-state index is 0.219. The summed E-state index contributed by atoms with van der Waals surface area (Å²) in [5.41, 5.74) is 2.32. The monoisotopic (exact) mass is 400 g/mol. The molecule has 0 spiro atoms. The van der Waals surface area contributed by atoms with Crippen LogP contribution in [0.15, 0.2) is 77.6 Å². The van der Waals surface area contributed by atoms with Crippen LogP contribution >= 0.6 is 0 Å². The lowest BCUT2D eigenvalue weighted by molar-refractivity contribution is 0.0529. The average molecular weight is 400 g/mol. The van der Waals surface area contributed by atoms with Gasteiger partial charge in [-0.25, -0.2) is 18.2 Å². The van der Waals surface area contributed by atoms with Crippen LogP contribution in [-0.4, -0.2) is 21.6 Å². The predicted molar refractivity (Wildman–Crippen MR) is 113 cm³/mol. The van der Waals surface area contributed by atoms with Crippen molar-refractivity contribution in [3.05, 3.63) is 94.5 Å². The van der Waals surface area contributed by atoms with Crippen LogP contribution in [0.2, 0.25) is 0 Å². The summed E-state index contributed by atoms with van der Waals surface area (Å²) >= 11 is 0. The van der Waals surface area contributed by atoms with Crippen LogP contribution in [0.3, 0.4) is 0 Å². The molecule has 0 unspecified atom stereocenters. The smallest absolute Gasteiger partial charge is 0.341 e. The molecular formula is C24H17FN2O3. The molecule has 6 heteroatoms. The molecule has 30 heavy (non-hydrogen) atoms. The van der Waals surface area contributed by atoms with Crippen LogP contribution in [0, 0.1) is 5.82 Å². The molecule has 0 N–H and O–H groups in total. The quantitative estimate of drug-likeness (QED) is 0.413. The number of nitrogens with zero attached hydrogens (tertiary/aromatic N) is 2. The molecule has 3 aromatic carbocycles. The molecule has 0 radical (unpaired) electrons. The van der Waals surface area contributed by atoms with Crippen molar-refractivity contribution in [1.29, 1.82) is 0 Å². The summed E-state index contributed by atoms with van der Waals surface area (Å²) in [5, 5.41) is 0.830. The number of halogens is 1. The van der Waals surface area contributed by atoms with Crippen molar-refractivity contribution in [2.24, 2.45) is 0 Å². The molecule has 0 aliphatic heterocycles. The van der Waals surface area contributed by atoms with Gasteiger partial charge in [-0.15, -0.1) is 0 Å². The Morgan fingerprint density at radius 1 is 0.900 bits per heavy atom. The molecule has 0 aliphatic rings. The minimum atomic E-state index is -0.493. The molecule has 5 aromatic rings. The second-order valence-electron chi connectivity index (χ2n) is 6.92. The van der Waals surface area contributed by atoms with Crippen molar-refractivity contribution >= 4 is 27.8 Å². The average Bonchev–Trinajstić information content (AvgIpc) is 3.05. The van der Waals surface area contributed by atoms with Crippen LogP contribution in [0.5, 0.6) is 0 Å². The van der Waals surface area contributed by atoms with E-state index in [0.717, 1.165) is 5.56 Å².